The Labute approximate surface area is 189 Å². The number of aliphatic hydroxyl groups excluding tert-OH is 3. The molecule has 32 heavy (non-hydrogen) atoms. The molecular formula is C23H36O9. The van der Waals surface area contributed by atoms with Crippen molar-refractivity contribution in [3.63, 3.8) is 0 Å². The lowest BCUT2D eigenvalue weighted by atomic mass is 9.95. The molecule has 0 bridgehead atoms. The quantitative estimate of drug-likeness (QED) is 0.225. The molecule has 0 heterocycles. The molecule has 0 aromatic rings. The molecule has 0 aromatic heterocycles. The maximum absolute atomic E-state index is 9.75. The second-order valence-electron chi connectivity index (χ2n) is 5.95. The SMILES string of the molecule is C/C=C/C=C/C(=O)O.C/C=C/C=C/C(=O)O.C/C=C/C=C/C(=O)O.CC(CO)(CO)CO. The summed E-state index contributed by atoms with van der Waals surface area (Å²) < 4.78 is 0. The van der Waals surface area contributed by atoms with Crippen LogP contribution in [0.5, 0.6) is 0 Å². The highest BCUT2D eigenvalue weighted by atomic mass is 16.4. The van der Waals surface area contributed by atoms with Gasteiger partial charge in [0.2, 0.25) is 0 Å². The lowest BCUT2D eigenvalue weighted by Gasteiger charge is -2.20. The standard InChI is InChI=1S/3C6H8O2.C5H12O3/c3*1-2-3-4-5-6(7)8;1-5(2-6,3-7)4-8/h3*2-5H,1H3,(H,7,8);6-8H,2-4H2,1H3/b3*3-2+,5-4+;. The molecule has 0 aliphatic rings. The molecule has 0 unspecified atom stereocenters. The molecule has 0 aliphatic heterocycles. The van der Waals surface area contributed by atoms with E-state index < -0.39 is 23.3 Å². The van der Waals surface area contributed by atoms with Crippen LogP contribution in [0.4, 0.5) is 0 Å². The van der Waals surface area contributed by atoms with Crippen molar-refractivity contribution >= 4 is 17.9 Å². The fourth-order valence-electron chi connectivity index (χ4n) is 0.897. The monoisotopic (exact) mass is 456 g/mol. The topological polar surface area (TPSA) is 173 Å². The fraction of sp³-hybridized carbons (Fsp3) is 0.348. The average molecular weight is 457 g/mol. The Hall–Kier alpha value is -3.27. The lowest BCUT2D eigenvalue weighted by Crippen LogP contribution is -2.29. The molecule has 0 saturated heterocycles. The van der Waals surface area contributed by atoms with Crippen LogP contribution in [0.3, 0.4) is 0 Å². The Bertz CT molecular complexity index is 566. The van der Waals surface area contributed by atoms with Gasteiger partial charge in [-0.3, -0.25) is 0 Å². The first kappa shape index (κ1) is 36.1. The van der Waals surface area contributed by atoms with Crippen molar-refractivity contribution in [2.45, 2.75) is 27.7 Å². The van der Waals surface area contributed by atoms with E-state index in [1.807, 2.05) is 20.8 Å². The van der Waals surface area contributed by atoms with Crippen molar-refractivity contribution in [1.29, 1.82) is 0 Å². The molecule has 0 fully saturated rings. The van der Waals surface area contributed by atoms with E-state index >= 15 is 0 Å². The molecule has 0 amide bonds. The Morgan fingerprint density at radius 1 is 0.562 bits per heavy atom. The van der Waals surface area contributed by atoms with Gasteiger partial charge in [-0.25, -0.2) is 14.4 Å². The minimum atomic E-state index is -0.914. The minimum Gasteiger partial charge on any atom is -0.478 e. The first-order chi connectivity index (χ1) is 15.0. The number of carbonyl (C=O) groups is 3. The molecule has 182 valence electrons. The summed E-state index contributed by atoms with van der Waals surface area (Å²) in [5.41, 5.74) is -0.708. The molecule has 9 heteroatoms. The van der Waals surface area contributed by atoms with Crippen LogP contribution in [-0.2, 0) is 14.4 Å². The number of carboxylic acids is 3. The van der Waals surface area contributed by atoms with Gasteiger partial charge in [0, 0.05) is 23.6 Å². The lowest BCUT2D eigenvalue weighted by molar-refractivity contribution is -0.132. The van der Waals surface area contributed by atoms with E-state index in [-0.39, 0.29) is 19.8 Å². The highest BCUT2D eigenvalue weighted by molar-refractivity contribution is 5.80. The molecule has 0 radical (unpaired) electrons. The van der Waals surface area contributed by atoms with E-state index in [1.165, 1.54) is 18.2 Å². The van der Waals surface area contributed by atoms with E-state index in [4.69, 9.17) is 30.6 Å². The van der Waals surface area contributed by atoms with E-state index in [0.29, 0.717) is 0 Å². The van der Waals surface area contributed by atoms with Gasteiger partial charge in [0.05, 0.1) is 19.8 Å². The van der Waals surface area contributed by atoms with Crippen LogP contribution < -0.4 is 0 Å². The second kappa shape index (κ2) is 27.7. The number of aliphatic hydroxyl groups is 3. The zero-order valence-corrected chi connectivity index (χ0v) is 19.0. The van der Waals surface area contributed by atoms with Crippen LogP contribution in [0.1, 0.15) is 27.7 Å². The van der Waals surface area contributed by atoms with Gasteiger partial charge in [-0.05, 0) is 20.8 Å². The number of aliphatic carboxylic acids is 3. The summed E-state index contributed by atoms with van der Waals surface area (Å²) >= 11 is 0. The molecule has 0 saturated carbocycles. The molecule has 0 atom stereocenters. The van der Waals surface area contributed by atoms with E-state index in [1.54, 1.807) is 43.4 Å². The van der Waals surface area contributed by atoms with Crippen molar-refractivity contribution in [3.05, 3.63) is 72.9 Å². The second-order valence-corrected chi connectivity index (χ2v) is 5.95. The van der Waals surface area contributed by atoms with E-state index in [9.17, 15) is 14.4 Å². The van der Waals surface area contributed by atoms with Crippen molar-refractivity contribution < 1.29 is 45.0 Å². The number of hydrogen-bond donors (Lipinski definition) is 6. The van der Waals surface area contributed by atoms with Crippen molar-refractivity contribution in [3.8, 4) is 0 Å². The van der Waals surface area contributed by atoms with Gasteiger partial charge in [-0.15, -0.1) is 0 Å². The van der Waals surface area contributed by atoms with Gasteiger partial charge >= 0.3 is 17.9 Å². The van der Waals surface area contributed by atoms with E-state index in [0.717, 1.165) is 18.2 Å². The summed E-state index contributed by atoms with van der Waals surface area (Å²) in [7, 11) is 0. The fourth-order valence-corrected chi connectivity index (χ4v) is 0.897. The summed E-state index contributed by atoms with van der Waals surface area (Å²) in [5, 5.41) is 49.5. The highest BCUT2D eigenvalue weighted by Crippen LogP contribution is 2.10. The minimum absolute atomic E-state index is 0.181. The maximum Gasteiger partial charge on any atom is 0.328 e. The Morgan fingerprint density at radius 3 is 0.875 bits per heavy atom. The molecule has 0 aromatic carbocycles. The predicted octanol–water partition coefficient (Wildman–Crippen LogP) is 2.58. The van der Waals surface area contributed by atoms with Gasteiger partial charge < -0.3 is 30.6 Å². The molecule has 9 nitrogen and oxygen atoms in total. The van der Waals surface area contributed by atoms with Crippen molar-refractivity contribution in [1.82, 2.24) is 0 Å². The maximum atomic E-state index is 9.75. The van der Waals surface area contributed by atoms with E-state index in [2.05, 4.69) is 0 Å². The third-order valence-corrected chi connectivity index (χ3v) is 2.77. The van der Waals surface area contributed by atoms with Crippen LogP contribution in [0.25, 0.3) is 0 Å². The predicted molar refractivity (Wildman–Crippen MR) is 124 cm³/mol. The summed E-state index contributed by atoms with van der Waals surface area (Å²) in [6.45, 7) is 6.54. The van der Waals surface area contributed by atoms with Crippen LogP contribution in [-0.4, -0.2) is 68.4 Å². The number of hydrogen-bond acceptors (Lipinski definition) is 6. The number of carboxylic acid groups (broad SMARTS) is 3. The van der Waals surface area contributed by atoms with Crippen LogP contribution in [0, 0.1) is 5.41 Å². The zero-order chi connectivity index (χ0) is 25.8. The third-order valence-electron chi connectivity index (χ3n) is 2.77. The third kappa shape index (κ3) is 41.2. The van der Waals surface area contributed by atoms with Crippen LogP contribution in [0.2, 0.25) is 0 Å². The Morgan fingerprint density at radius 2 is 0.781 bits per heavy atom. The summed E-state index contributed by atoms with van der Waals surface area (Å²) in [4.78, 5) is 29.3. The summed E-state index contributed by atoms with van der Waals surface area (Å²) in [5.74, 6) is -2.74. The first-order valence-corrected chi connectivity index (χ1v) is 9.39. The van der Waals surface area contributed by atoms with Gasteiger partial charge in [0.25, 0.3) is 0 Å². The molecular weight excluding hydrogens is 420 g/mol. The molecule has 0 rings (SSSR count). The van der Waals surface area contributed by atoms with Crippen molar-refractivity contribution in [2.24, 2.45) is 5.41 Å². The van der Waals surface area contributed by atoms with Crippen LogP contribution in [0.15, 0.2) is 72.9 Å². The smallest absolute Gasteiger partial charge is 0.328 e. The van der Waals surface area contributed by atoms with Gasteiger partial charge in [0.1, 0.15) is 0 Å². The average Bonchev–Trinajstić information content (AvgIpc) is 2.74. The molecule has 6 N–H and O–H groups in total. The normalized spacial score (nSPS) is 11.3. The molecule has 0 aliphatic carbocycles. The van der Waals surface area contributed by atoms with Crippen LogP contribution >= 0.6 is 0 Å². The van der Waals surface area contributed by atoms with Gasteiger partial charge in [-0.1, -0.05) is 61.6 Å². The van der Waals surface area contributed by atoms with Gasteiger partial charge in [-0.2, -0.15) is 0 Å². The van der Waals surface area contributed by atoms with Gasteiger partial charge in [0.15, 0.2) is 0 Å². The Balaban J connectivity index is -0.000000163. The summed E-state index contributed by atoms with van der Waals surface area (Å²) in [6.07, 6.45) is 17.9. The zero-order valence-electron chi connectivity index (χ0n) is 19.0. The summed E-state index contributed by atoms with van der Waals surface area (Å²) in [6, 6.07) is 0. The Kier molecular flexibility index (Phi) is 31.3. The first-order valence-electron chi connectivity index (χ1n) is 9.39. The largest absolute Gasteiger partial charge is 0.478 e. The number of allylic oxidation sites excluding steroid dienone is 9. The number of rotatable bonds is 9. The highest BCUT2D eigenvalue weighted by Gasteiger charge is 2.20. The van der Waals surface area contributed by atoms with Crippen molar-refractivity contribution in [2.75, 3.05) is 19.8 Å². The molecule has 0 spiro atoms.